The third-order valence-corrected chi connectivity index (χ3v) is 10.9. The lowest BCUT2D eigenvalue weighted by atomic mass is 9.82. The summed E-state index contributed by atoms with van der Waals surface area (Å²) in [5.74, 6) is 1.74. The van der Waals surface area contributed by atoms with Gasteiger partial charge in [0.2, 0.25) is 0 Å². The Balaban J connectivity index is 1.28. The van der Waals surface area contributed by atoms with Crippen LogP contribution in [0.1, 0.15) is 30.5 Å². The molecule has 0 radical (unpaired) electrons. The molecule has 0 atom stereocenters. The first-order chi connectivity index (χ1) is 26.5. The molecule has 10 rings (SSSR count). The molecule has 0 saturated heterocycles. The summed E-state index contributed by atoms with van der Waals surface area (Å²) in [7, 11) is 0. The fourth-order valence-electron chi connectivity index (χ4n) is 8.24. The van der Waals surface area contributed by atoms with Crippen molar-refractivity contribution in [2.24, 2.45) is 0 Å². The standard InChI is InChI=1S/C49H33N5/c1-49(2)42-23-13-11-21-38(42)40-29-45-41(28-43(40)49)39-22-12-14-24-44(39)54(45)36-26-34(37-20-10-9-19-33(37)30-50)25-35(27-36)48-52-46(31-15-5-3-6-16-31)51-47(53-48)32-17-7-4-8-18-32/h3-29H,1-2H3. The molecule has 54 heavy (non-hydrogen) atoms. The Labute approximate surface area is 313 Å². The first kappa shape index (κ1) is 31.6. The van der Waals surface area contributed by atoms with Crippen molar-refractivity contribution >= 4 is 21.8 Å². The molecule has 0 bridgehead atoms. The van der Waals surface area contributed by atoms with Gasteiger partial charge in [-0.05, 0) is 75.8 Å². The van der Waals surface area contributed by atoms with Gasteiger partial charge in [0.1, 0.15) is 0 Å². The van der Waals surface area contributed by atoms with E-state index in [1.54, 1.807) is 0 Å². The number of nitriles is 1. The molecule has 5 heteroatoms. The van der Waals surface area contributed by atoms with Gasteiger partial charge in [-0.3, -0.25) is 0 Å². The van der Waals surface area contributed by atoms with Crippen LogP contribution in [0.2, 0.25) is 0 Å². The van der Waals surface area contributed by atoms with Gasteiger partial charge in [-0.15, -0.1) is 0 Å². The number of fused-ring (bicyclic) bond motifs is 6. The van der Waals surface area contributed by atoms with E-state index in [0.717, 1.165) is 44.5 Å². The van der Waals surface area contributed by atoms with Gasteiger partial charge in [0.15, 0.2) is 17.5 Å². The third kappa shape index (κ3) is 4.96. The Morgan fingerprint density at radius 1 is 0.463 bits per heavy atom. The molecule has 7 aromatic carbocycles. The van der Waals surface area contributed by atoms with Crippen LogP contribution in [0.4, 0.5) is 0 Å². The van der Waals surface area contributed by atoms with Crippen molar-refractivity contribution in [1.82, 2.24) is 19.5 Å². The second-order valence-corrected chi connectivity index (χ2v) is 14.4. The average molecular weight is 692 g/mol. The lowest BCUT2D eigenvalue weighted by molar-refractivity contribution is 0.661. The topological polar surface area (TPSA) is 67.4 Å². The predicted octanol–water partition coefficient (Wildman–Crippen LogP) is 11.8. The van der Waals surface area contributed by atoms with Gasteiger partial charge in [0.25, 0.3) is 0 Å². The number of hydrogen-bond acceptors (Lipinski definition) is 4. The maximum absolute atomic E-state index is 10.3. The number of rotatable bonds is 5. The second kappa shape index (κ2) is 12.2. The van der Waals surface area contributed by atoms with E-state index < -0.39 is 0 Å². The van der Waals surface area contributed by atoms with E-state index in [-0.39, 0.29) is 5.41 Å². The molecule has 0 fully saturated rings. The first-order valence-electron chi connectivity index (χ1n) is 18.2. The Bertz CT molecular complexity index is 2910. The van der Waals surface area contributed by atoms with E-state index in [1.165, 1.54) is 33.0 Å². The highest BCUT2D eigenvalue weighted by molar-refractivity contribution is 6.11. The molecular formula is C49H33N5. The number of para-hydroxylation sites is 1. The third-order valence-electron chi connectivity index (χ3n) is 10.9. The minimum Gasteiger partial charge on any atom is -0.309 e. The molecule has 5 nitrogen and oxygen atoms in total. The van der Waals surface area contributed by atoms with Gasteiger partial charge in [0.05, 0.1) is 22.7 Å². The van der Waals surface area contributed by atoms with Gasteiger partial charge in [-0.25, -0.2) is 15.0 Å². The van der Waals surface area contributed by atoms with Crippen molar-refractivity contribution in [3.05, 3.63) is 180 Å². The lowest BCUT2D eigenvalue weighted by Gasteiger charge is -2.21. The van der Waals surface area contributed by atoms with E-state index >= 15 is 0 Å². The first-order valence-corrected chi connectivity index (χ1v) is 18.2. The van der Waals surface area contributed by atoms with Crippen LogP contribution in [0.5, 0.6) is 0 Å². The van der Waals surface area contributed by atoms with Gasteiger partial charge in [-0.1, -0.05) is 135 Å². The summed E-state index contributed by atoms with van der Waals surface area (Å²) in [5.41, 5.74) is 13.3. The Morgan fingerprint density at radius 3 is 1.74 bits per heavy atom. The molecule has 0 spiro atoms. The summed E-state index contributed by atoms with van der Waals surface area (Å²) >= 11 is 0. The number of benzene rings is 7. The van der Waals surface area contributed by atoms with Crippen molar-refractivity contribution in [3.8, 4) is 68.2 Å². The second-order valence-electron chi connectivity index (χ2n) is 14.4. The van der Waals surface area contributed by atoms with Crippen molar-refractivity contribution in [2.45, 2.75) is 19.3 Å². The zero-order valence-corrected chi connectivity index (χ0v) is 29.8. The summed E-state index contributed by atoms with van der Waals surface area (Å²) in [5, 5.41) is 12.6. The molecular weight excluding hydrogens is 659 g/mol. The Kier molecular flexibility index (Phi) is 7.14. The molecule has 0 amide bonds. The van der Waals surface area contributed by atoms with Crippen molar-refractivity contribution in [3.63, 3.8) is 0 Å². The van der Waals surface area contributed by atoms with Crippen molar-refractivity contribution in [1.29, 1.82) is 5.26 Å². The fraction of sp³-hybridized carbons (Fsp3) is 0.0612. The van der Waals surface area contributed by atoms with Crippen LogP contribution in [0.3, 0.4) is 0 Å². The van der Waals surface area contributed by atoms with Gasteiger partial charge < -0.3 is 4.57 Å². The van der Waals surface area contributed by atoms with Crippen LogP contribution in [0.15, 0.2) is 164 Å². The highest BCUT2D eigenvalue weighted by Crippen LogP contribution is 2.51. The molecule has 2 heterocycles. The maximum Gasteiger partial charge on any atom is 0.164 e. The van der Waals surface area contributed by atoms with Crippen LogP contribution >= 0.6 is 0 Å². The van der Waals surface area contributed by atoms with E-state index in [1.807, 2.05) is 84.9 Å². The molecule has 254 valence electrons. The predicted molar refractivity (Wildman–Crippen MR) is 218 cm³/mol. The van der Waals surface area contributed by atoms with E-state index in [9.17, 15) is 5.26 Å². The summed E-state index contributed by atoms with van der Waals surface area (Å²) in [6, 6.07) is 58.9. The number of nitrogens with zero attached hydrogens (tertiary/aromatic N) is 5. The van der Waals surface area contributed by atoms with Gasteiger partial charge in [-0.2, -0.15) is 5.26 Å². The molecule has 1 aliphatic carbocycles. The zero-order chi connectivity index (χ0) is 36.4. The Hall–Kier alpha value is -7.16. The zero-order valence-electron chi connectivity index (χ0n) is 29.8. The molecule has 0 saturated carbocycles. The van der Waals surface area contributed by atoms with E-state index in [0.29, 0.717) is 23.0 Å². The van der Waals surface area contributed by atoms with Crippen LogP contribution in [-0.2, 0) is 5.41 Å². The minimum atomic E-state index is -0.122. The van der Waals surface area contributed by atoms with E-state index in [2.05, 4.69) is 103 Å². The van der Waals surface area contributed by atoms with Crippen molar-refractivity contribution < 1.29 is 0 Å². The smallest absolute Gasteiger partial charge is 0.164 e. The maximum atomic E-state index is 10.3. The SMILES string of the molecule is CC1(C)c2ccccc2-c2cc3c(cc21)c1ccccc1n3-c1cc(-c2nc(-c3ccccc3)nc(-c3ccccc3)n2)cc(-c2ccccc2C#N)c1. The molecule has 9 aromatic rings. The summed E-state index contributed by atoms with van der Waals surface area (Å²) in [4.78, 5) is 15.2. The molecule has 0 N–H and O–H groups in total. The number of aromatic nitrogens is 4. The summed E-state index contributed by atoms with van der Waals surface area (Å²) in [6.07, 6.45) is 0. The summed E-state index contributed by atoms with van der Waals surface area (Å²) in [6.45, 7) is 4.65. The van der Waals surface area contributed by atoms with Crippen LogP contribution in [0, 0.1) is 11.3 Å². The number of hydrogen-bond donors (Lipinski definition) is 0. The monoisotopic (exact) mass is 691 g/mol. The van der Waals surface area contributed by atoms with Gasteiger partial charge in [0, 0.05) is 38.6 Å². The van der Waals surface area contributed by atoms with Crippen LogP contribution in [0.25, 0.3) is 83.9 Å². The van der Waals surface area contributed by atoms with Crippen LogP contribution < -0.4 is 0 Å². The molecule has 1 aliphatic rings. The highest BCUT2D eigenvalue weighted by Gasteiger charge is 2.36. The molecule has 0 unspecified atom stereocenters. The lowest BCUT2D eigenvalue weighted by Crippen LogP contribution is -2.14. The Morgan fingerprint density at radius 2 is 1.04 bits per heavy atom. The largest absolute Gasteiger partial charge is 0.309 e. The minimum absolute atomic E-state index is 0.122. The summed E-state index contributed by atoms with van der Waals surface area (Å²) < 4.78 is 2.36. The highest BCUT2D eigenvalue weighted by atomic mass is 15.0. The van der Waals surface area contributed by atoms with Crippen molar-refractivity contribution in [2.75, 3.05) is 0 Å². The normalized spacial score (nSPS) is 12.8. The quantitative estimate of drug-likeness (QED) is 0.180. The molecule has 0 aliphatic heterocycles. The van der Waals surface area contributed by atoms with Gasteiger partial charge >= 0.3 is 0 Å². The van der Waals surface area contributed by atoms with E-state index in [4.69, 9.17) is 15.0 Å². The fourth-order valence-corrected chi connectivity index (χ4v) is 8.24. The molecule has 2 aromatic heterocycles. The average Bonchev–Trinajstić information content (AvgIpc) is 3.68. The van der Waals surface area contributed by atoms with Crippen LogP contribution in [-0.4, -0.2) is 19.5 Å².